The molecule has 186 valence electrons. The molecule has 3 heterocycles. The second-order valence-corrected chi connectivity index (χ2v) is 9.20. The van der Waals surface area contributed by atoms with E-state index in [0.29, 0.717) is 41.8 Å². The first-order chi connectivity index (χ1) is 17.1. The molecule has 2 aliphatic rings. The number of pyridine rings is 1. The molecule has 0 aliphatic carbocycles. The Morgan fingerprint density at radius 2 is 2.09 bits per heavy atom. The number of hydrogen-bond acceptors (Lipinski definition) is 6. The van der Waals surface area contributed by atoms with Gasteiger partial charge >= 0.3 is 0 Å². The summed E-state index contributed by atoms with van der Waals surface area (Å²) >= 11 is 0. The number of ether oxygens (including phenoxy) is 3. The summed E-state index contributed by atoms with van der Waals surface area (Å²) < 4.78 is 33.1. The molecule has 0 spiro atoms. The molecule has 0 bridgehead atoms. The van der Waals surface area contributed by atoms with E-state index in [4.69, 9.17) is 14.2 Å². The minimum atomic E-state index is -0.329. The molecule has 2 aromatic carbocycles. The van der Waals surface area contributed by atoms with Gasteiger partial charge in [-0.25, -0.2) is 4.39 Å². The highest BCUT2D eigenvalue weighted by Gasteiger charge is 2.24. The summed E-state index contributed by atoms with van der Waals surface area (Å²) in [5.74, 6) is 0.381. The molecule has 2 atom stereocenters. The molecule has 2 unspecified atom stereocenters. The number of aromatic nitrogens is 1. The van der Waals surface area contributed by atoms with Crippen molar-refractivity contribution in [3.8, 4) is 11.4 Å². The Kier molecular flexibility index (Phi) is 7.32. The van der Waals surface area contributed by atoms with Crippen molar-refractivity contribution in [1.82, 2.24) is 9.88 Å². The molecule has 2 aliphatic heterocycles. The van der Waals surface area contributed by atoms with E-state index in [-0.39, 0.29) is 17.5 Å². The molecule has 0 amide bonds. The molecular weight excluding hydrogens is 449 g/mol. The van der Waals surface area contributed by atoms with Crippen LogP contribution in [0.25, 0.3) is 16.5 Å². The van der Waals surface area contributed by atoms with Gasteiger partial charge in [-0.15, -0.1) is 0 Å². The molecule has 1 aromatic heterocycles. The summed E-state index contributed by atoms with van der Waals surface area (Å²) in [7, 11) is 1.68. The van der Waals surface area contributed by atoms with Crippen LogP contribution in [-0.2, 0) is 9.47 Å². The molecule has 2 fully saturated rings. The van der Waals surface area contributed by atoms with Crippen LogP contribution in [0.4, 0.5) is 10.1 Å². The fraction of sp³-hybridized carbons (Fsp3) is 0.444. The predicted molar refractivity (Wildman–Crippen MR) is 134 cm³/mol. The van der Waals surface area contributed by atoms with Gasteiger partial charge in [0.05, 0.1) is 24.1 Å². The number of nitrogens with one attached hydrogen (secondary N) is 1. The highest BCUT2D eigenvalue weighted by molar-refractivity contribution is 5.83. The van der Waals surface area contributed by atoms with Crippen molar-refractivity contribution < 1.29 is 18.6 Å². The fourth-order valence-corrected chi connectivity index (χ4v) is 4.90. The Labute approximate surface area is 204 Å². The maximum Gasteiger partial charge on any atom is 0.262 e. The second kappa shape index (κ2) is 10.8. The summed E-state index contributed by atoms with van der Waals surface area (Å²) in [6.45, 7) is 4.27. The summed E-state index contributed by atoms with van der Waals surface area (Å²) in [4.78, 5) is 15.2. The molecule has 1 N–H and O–H groups in total. The molecule has 2 saturated heterocycles. The number of fused-ring (bicyclic) bond motifs is 1. The Hall–Kier alpha value is -2.94. The zero-order valence-electron chi connectivity index (χ0n) is 20.0. The van der Waals surface area contributed by atoms with Crippen molar-refractivity contribution in [1.29, 1.82) is 0 Å². The van der Waals surface area contributed by atoms with Gasteiger partial charge in [-0.3, -0.25) is 9.36 Å². The molecule has 35 heavy (non-hydrogen) atoms. The molecule has 7 nitrogen and oxygen atoms in total. The van der Waals surface area contributed by atoms with Crippen LogP contribution >= 0.6 is 0 Å². The van der Waals surface area contributed by atoms with Crippen molar-refractivity contribution >= 4 is 16.5 Å². The third-order valence-corrected chi connectivity index (χ3v) is 6.81. The van der Waals surface area contributed by atoms with Crippen molar-refractivity contribution in [2.45, 2.75) is 31.4 Å². The van der Waals surface area contributed by atoms with E-state index in [1.54, 1.807) is 37.6 Å². The van der Waals surface area contributed by atoms with Gasteiger partial charge in [0.25, 0.3) is 5.56 Å². The standard InChI is InChI=1S/C27H32FN3O4/c1-33-14-10-29-20-9-11-30(17-20)26-7-4-21(16-25(26)28)31-12-8-19-15-22(5-6-24(19)27(31)32)35-18-23-3-2-13-34-23/h4-8,12,15-16,20,23,29H,2-3,9-11,13-14,17-18H2,1H3. The Morgan fingerprint density at radius 3 is 2.89 bits per heavy atom. The lowest BCUT2D eigenvalue weighted by Crippen LogP contribution is -2.34. The largest absolute Gasteiger partial charge is 0.491 e. The summed E-state index contributed by atoms with van der Waals surface area (Å²) in [5, 5.41) is 4.79. The van der Waals surface area contributed by atoms with Crippen molar-refractivity contribution in [2.75, 3.05) is 51.5 Å². The van der Waals surface area contributed by atoms with E-state index in [1.165, 1.54) is 10.6 Å². The number of rotatable bonds is 9. The molecule has 8 heteroatoms. The van der Waals surface area contributed by atoms with Crippen molar-refractivity contribution in [3.63, 3.8) is 0 Å². The SMILES string of the molecule is COCCNC1CCN(c2ccc(-n3ccc4cc(OCC5CCCO5)ccc4c3=O)cc2F)C1. The zero-order chi connectivity index (χ0) is 24.2. The van der Waals surface area contributed by atoms with Gasteiger partial charge < -0.3 is 24.4 Å². The monoisotopic (exact) mass is 481 g/mol. The third kappa shape index (κ3) is 5.34. The smallest absolute Gasteiger partial charge is 0.262 e. The van der Waals surface area contributed by atoms with E-state index in [1.807, 2.05) is 17.0 Å². The van der Waals surface area contributed by atoms with Crippen LogP contribution in [0.1, 0.15) is 19.3 Å². The van der Waals surface area contributed by atoms with E-state index in [9.17, 15) is 4.79 Å². The van der Waals surface area contributed by atoms with Crippen molar-refractivity contribution in [2.24, 2.45) is 0 Å². The predicted octanol–water partition coefficient (Wildman–Crippen LogP) is 3.50. The van der Waals surface area contributed by atoms with Gasteiger partial charge in [0, 0.05) is 57.0 Å². The van der Waals surface area contributed by atoms with Gasteiger partial charge in [-0.05, 0) is 61.0 Å². The number of methoxy groups -OCH3 is 1. The van der Waals surface area contributed by atoms with Gasteiger partial charge in [-0.2, -0.15) is 0 Å². The van der Waals surface area contributed by atoms with Crippen LogP contribution in [0.5, 0.6) is 5.75 Å². The number of anilines is 1. The van der Waals surface area contributed by atoms with Crippen LogP contribution in [-0.4, -0.2) is 63.3 Å². The van der Waals surface area contributed by atoms with E-state index >= 15 is 4.39 Å². The van der Waals surface area contributed by atoms with E-state index < -0.39 is 0 Å². The minimum absolute atomic E-state index is 0.134. The van der Waals surface area contributed by atoms with Crippen LogP contribution in [0, 0.1) is 5.82 Å². The highest BCUT2D eigenvalue weighted by atomic mass is 19.1. The Balaban J connectivity index is 1.30. The summed E-state index contributed by atoms with van der Waals surface area (Å²) in [6, 6.07) is 12.6. The lowest BCUT2D eigenvalue weighted by molar-refractivity contribution is 0.0680. The first-order valence-electron chi connectivity index (χ1n) is 12.3. The average Bonchev–Trinajstić information content (AvgIpc) is 3.55. The molecule has 0 radical (unpaired) electrons. The Morgan fingerprint density at radius 1 is 1.17 bits per heavy atom. The maximum atomic E-state index is 15.1. The number of halogens is 1. The lowest BCUT2D eigenvalue weighted by atomic mass is 10.1. The van der Waals surface area contributed by atoms with E-state index in [2.05, 4.69) is 5.32 Å². The van der Waals surface area contributed by atoms with Gasteiger partial charge in [-0.1, -0.05) is 0 Å². The zero-order valence-corrected chi connectivity index (χ0v) is 20.0. The topological polar surface area (TPSA) is 65.0 Å². The van der Waals surface area contributed by atoms with Gasteiger partial charge in [0.1, 0.15) is 18.2 Å². The summed E-state index contributed by atoms with van der Waals surface area (Å²) in [5.41, 5.74) is 0.876. The highest BCUT2D eigenvalue weighted by Crippen LogP contribution is 2.26. The van der Waals surface area contributed by atoms with Crippen LogP contribution in [0.2, 0.25) is 0 Å². The number of nitrogens with zero attached hydrogens (tertiary/aromatic N) is 2. The molecule has 5 rings (SSSR count). The van der Waals surface area contributed by atoms with Crippen LogP contribution < -0.4 is 20.5 Å². The second-order valence-electron chi connectivity index (χ2n) is 9.20. The van der Waals surface area contributed by atoms with Gasteiger partial charge in [0.2, 0.25) is 0 Å². The fourth-order valence-electron chi connectivity index (χ4n) is 4.90. The number of hydrogen-bond donors (Lipinski definition) is 1. The molecular formula is C27H32FN3O4. The normalized spacial score (nSPS) is 20.1. The lowest BCUT2D eigenvalue weighted by Gasteiger charge is -2.20. The third-order valence-electron chi connectivity index (χ3n) is 6.81. The summed E-state index contributed by atoms with van der Waals surface area (Å²) in [6.07, 6.45) is 4.85. The quantitative estimate of drug-likeness (QED) is 0.472. The van der Waals surface area contributed by atoms with Gasteiger partial charge in [0.15, 0.2) is 0 Å². The molecule has 3 aromatic rings. The van der Waals surface area contributed by atoms with E-state index in [0.717, 1.165) is 50.9 Å². The van der Waals surface area contributed by atoms with Crippen LogP contribution in [0.3, 0.4) is 0 Å². The first kappa shape index (κ1) is 23.8. The maximum absolute atomic E-state index is 15.1. The Bertz CT molecular complexity index is 1220. The van der Waals surface area contributed by atoms with Crippen LogP contribution in [0.15, 0.2) is 53.5 Å². The first-order valence-corrected chi connectivity index (χ1v) is 12.3. The molecule has 0 saturated carbocycles. The minimum Gasteiger partial charge on any atom is -0.491 e. The number of benzene rings is 2. The average molecular weight is 482 g/mol. The van der Waals surface area contributed by atoms with Crippen molar-refractivity contribution in [3.05, 3.63) is 64.8 Å².